The average molecular weight is 347 g/mol. The highest BCUT2D eigenvalue weighted by atomic mass is 79.9. The van der Waals surface area contributed by atoms with Gasteiger partial charge < -0.3 is 9.47 Å². The Morgan fingerprint density at radius 1 is 1.10 bits per heavy atom. The number of rotatable bonds is 3. The Labute approximate surface area is 132 Å². The van der Waals surface area contributed by atoms with Gasteiger partial charge in [0, 0.05) is 16.0 Å². The molecule has 2 aromatic carbocycles. The topological polar surface area (TPSA) is 35.5 Å². The van der Waals surface area contributed by atoms with Crippen molar-refractivity contribution in [3.05, 3.63) is 58.1 Å². The lowest BCUT2D eigenvalue weighted by atomic mass is 9.92. The Kier molecular flexibility index (Phi) is 3.97. The second-order valence-corrected chi connectivity index (χ2v) is 5.83. The molecule has 1 aliphatic heterocycles. The number of carbonyl (C=O) groups is 1. The zero-order valence-corrected chi connectivity index (χ0v) is 13.2. The zero-order chi connectivity index (χ0) is 14.8. The van der Waals surface area contributed by atoms with Gasteiger partial charge in [0.15, 0.2) is 17.3 Å². The van der Waals surface area contributed by atoms with Crippen molar-refractivity contribution in [2.24, 2.45) is 0 Å². The molecule has 0 N–H and O–H groups in total. The summed E-state index contributed by atoms with van der Waals surface area (Å²) in [6.45, 7) is 2.96. The van der Waals surface area contributed by atoms with Crippen LogP contribution in [0.5, 0.6) is 11.5 Å². The molecule has 0 saturated carbocycles. The van der Waals surface area contributed by atoms with Gasteiger partial charge in [0.2, 0.25) is 0 Å². The number of Topliss-reactive ketones (excluding diaryl/α,β-unsaturated/α-hetero) is 1. The van der Waals surface area contributed by atoms with Crippen LogP contribution in [-0.2, 0) is 0 Å². The first-order valence-electron chi connectivity index (χ1n) is 6.85. The molecule has 1 aliphatic rings. The summed E-state index contributed by atoms with van der Waals surface area (Å²) in [5.74, 6) is 1.17. The monoisotopic (exact) mass is 346 g/mol. The van der Waals surface area contributed by atoms with Crippen molar-refractivity contribution < 1.29 is 14.3 Å². The number of hydrogen-bond acceptors (Lipinski definition) is 3. The maximum Gasteiger partial charge on any atom is 0.171 e. The number of carbonyl (C=O) groups excluding carboxylic acids is 1. The van der Waals surface area contributed by atoms with E-state index in [4.69, 9.17) is 9.47 Å². The summed E-state index contributed by atoms with van der Waals surface area (Å²) in [6, 6.07) is 13.3. The van der Waals surface area contributed by atoms with Gasteiger partial charge in [0.1, 0.15) is 13.2 Å². The molecule has 1 atom stereocenters. The van der Waals surface area contributed by atoms with E-state index in [0.29, 0.717) is 30.3 Å². The van der Waals surface area contributed by atoms with E-state index in [9.17, 15) is 4.79 Å². The molecular formula is C17H15BrO3. The van der Waals surface area contributed by atoms with Gasteiger partial charge in [-0.15, -0.1) is 0 Å². The molecule has 1 unspecified atom stereocenters. The molecule has 4 heteroatoms. The van der Waals surface area contributed by atoms with Gasteiger partial charge in [-0.2, -0.15) is 0 Å². The number of fused-ring (bicyclic) bond motifs is 1. The van der Waals surface area contributed by atoms with E-state index in [2.05, 4.69) is 15.9 Å². The largest absolute Gasteiger partial charge is 0.486 e. The third-order valence-corrected chi connectivity index (χ3v) is 4.25. The maximum absolute atomic E-state index is 12.7. The first kappa shape index (κ1) is 14.1. The minimum absolute atomic E-state index is 0.0602. The average Bonchev–Trinajstić information content (AvgIpc) is 2.53. The Hall–Kier alpha value is -1.81. The minimum atomic E-state index is -0.204. The summed E-state index contributed by atoms with van der Waals surface area (Å²) in [4.78, 5) is 12.7. The predicted octanol–water partition coefficient (Wildman–Crippen LogP) is 4.21. The van der Waals surface area contributed by atoms with Gasteiger partial charge in [-0.05, 0) is 33.6 Å². The highest BCUT2D eigenvalue weighted by molar-refractivity contribution is 9.10. The quantitative estimate of drug-likeness (QED) is 0.781. The van der Waals surface area contributed by atoms with Crippen LogP contribution < -0.4 is 9.47 Å². The lowest BCUT2D eigenvalue weighted by molar-refractivity contribution is 0.0964. The first-order chi connectivity index (χ1) is 10.2. The van der Waals surface area contributed by atoms with Crippen molar-refractivity contribution >= 4 is 21.7 Å². The summed E-state index contributed by atoms with van der Waals surface area (Å²) in [5.41, 5.74) is 1.62. The van der Waals surface area contributed by atoms with Crippen LogP contribution in [0.4, 0.5) is 0 Å². The summed E-state index contributed by atoms with van der Waals surface area (Å²) in [5, 5.41) is 0. The van der Waals surface area contributed by atoms with Gasteiger partial charge in [-0.1, -0.05) is 37.3 Å². The van der Waals surface area contributed by atoms with Gasteiger partial charge in [-0.3, -0.25) is 4.79 Å². The van der Waals surface area contributed by atoms with E-state index < -0.39 is 0 Å². The van der Waals surface area contributed by atoms with Crippen LogP contribution in [0.1, 0.15) is 28.8 Å². The van der Waals surface area contributed by atoms with Crippen molar-refractivity contribution in [3.63, 3.8) is 0 Å². The molecule has 1 heterocycles. The van der Waals surface area contributed by atoms with Crippen LogP contribution >= 0.6 is 15.9 Å². The van der Waals surface area contributed by atoms with Crippen molar-refractivity contribution in [1.82, 2.24) is 0 Å². The van der Waals surface area contributed by atoms with Crippen molar-refractivity contribution in [2.75, 3.05) is 13.2 Å². The Morgan fingerprint density at radius 2 is 1.71 bits per heavy atom. The first-order valence-corrected chi connectivity index (χ1v) is 7.64. The molecule has 0 saturated heterocycles. The minimum Gasteiger partial charge on any atom is -0.486 e. The number of benzene rings is 2. The summed E-state index contributed by atoms with van der Waals surface area (Å²) >= 11 is 3.46. The van der Waals surface area contributed by atoms with Crippen LogP contribution in [0.25, 0.3) is 0 Å². The van der Waals surface area contributed by atoms with E-state index in [1.165, 1.54) is 0 Å². The molecule has 0 aromatic heterocycles. The van der Waals surface area contributed by atoms with Gasteiger partial charge >= 0.3 is 0 Å². The molecule has 3 rings (SSSR count). The molecule has 3 nitrogen and oxygen atoms in total. The SMILES string of the molecule is CC(C(=O)c1cc2c(cc1Br)OCCO2)c1ccccc1. The van der Waals surface area contributed by atoms with Gasteiger partial charge in [-0.25, -0.2) is 0 Å². The molecule has 0 fully saturated rings. The van der Waals surface area contributed by atoms with Crippen molar-refractivity contribution in [1.29, 1.82) is 0 Å². The Balaban J connectivity index is 1.94. The number of hydrogen-bond donors (Lipinski definition) is 0. The number of ketones is 1. The van der Waals surface area contributed by atoms with E-state index in [1.54, 1.807) is 12.1 Å². The van der Waals surface area contributed by atoms with Gasteiger partial charge in [0.25, 0.3) is 0 Å². The van der Waals surface area contributed by atoms with E-state index in [0.717, 1.165) is 10.0 Å². The van der Waals surface area contributed by atoms with E-state index >= 15 is 0 Å². The van der Waals surface area contributed by atoms with Crippen LogP contribution in [-0.4, -0.2) is 19.0 Å². The maximum atomic E-state index is 12.7. The Bertz CT molecular complexity index is 667. The molecule has 0 radical (unpaired) electrons. The summed E-state index contributed by atoms with van der Waals surface area (Å²) in [7, 11) is 0. The van der Waals surface area contributed by atoms with Crippen LogP contribution in [0.2, 0.25) is 0 Å². The van der Waals surface area contributed by atoms with Crippen LogP contribution in [0.15, 0.2) is 46.9 Å². The molecule has 2 aromatic rings. The lowest BCUT2D eigenvalue weighted by Gasteiger charge is -2.20. The smallest absolute Gasteiger partial charge is 0.171 e. The van der Waals surface area contributed by atoms with Crippen LogP contribution in [0, 0.1) is 0 Å². The fourth-order valence-corrected chi connectivity index (χ4v) is 2.90. The fraction of sp³-hybridized carbons (Fsp3) is 0.235. The molecule has 0 aliphatic carbocycles. The second-order valence-electron chi connectivity index (χ2n) is 4.97. The predicted molar refractivity (Wildman–Crippen MR) is 84.3 cm³/mol. The molecule has 0 bridgehead atoms. The molecule has 0 amide bonds. The Morgan fingerprint density at radius 3 is 2.38 bits per heavy atom. The third-order valence-electron chi connectivity index (χ3n) is 3.59. The van der Waals surface area contributed by atoms with E-state index in [-0.39, 0.29) is 11.7 Å². The molecular weight excluding hydrogens is 332 g/mol. The molecule has 21 heavy (non-hydrogen) atoms. The fourth-order valence-electron chi connectivity index (χ4n) is 2.38. The second kappa shape index (κ2) is 5.90. The third kappa shape index (κ3) is 2.81. The standard InChI is InChI=1S/C17H15BrO3/c1-11(12-5-3-2-4-6-12)17(19)13-9-15-16(10-14(13)18)21-8-7-20-15/h2-6,9-11H,7-8H2,1H3. The highest BCUT2D eigenvalue weighted by Gasteiger charge is 2.23. The van der Waals surface area contributed by atoms with Gasteiger partial charge in [0.05, 0.1) is 0 Å². The van der Waals surface area contributed by atoms with E-state index in [1.807, 2.05) is 37.3 Å². The zero-order valence-electron chi connectivity index (χ0n) is 11.6. The number of halogens is 1. The summed E-state index contributed by atoms with van der Waals surface area (Å²) in [6.07, 6.45) is 0. The molecule has 108 valence electrons. The van der Waals surface area contributed by atoms with Crippen molar-refractivity contribution in [3.8, 4) is 11.5 Å². The normalized spacial score (nSPS) is 14.6. The van der Waals surface area contributed by atoms with Crippen LogP contribution in [0.3, 0.4) is 0 Å². The molecule has 0 spiro atoms. The number of ether oxygens (including phenoxy) is 2. The summed E-state index contributed by atoms with van der Waals surface area (Å²) < 4.78 is 11.8. The highest BCUT2D eigenvalue weighted by Crippen LogP contribution is 2.37. The van der Waals surface area contributed by atoms with Crippen molar-refractivity contribution in [2.45, 2.75) is 12.8 Å². The lowest BCUT2D eigenvalue weighted by Crippen LogP contribution is -2.17.